The molecule has 0 fully saturated rings. The van der Waals surface area contributed by atoms with Gasteiger partial charge in [-0.3, -0.25) is 0 Å². The molecule has 5 aromatic rings. The Balaban J connectivity index is 1.47. The Morgan fingerprint density at radius 1 is 0.391 bits per heavy atom. The van der Waals surface area contributed by atoms with Crippen molar-refractivity contribution in [2.45, 2.75) is 56.9 Å². The van der Waals surface area contributed by atoms with E-state index >= 15 is 0 Å². The SMILES string of the molecule is O[C@H](COCc1ccccc1)[C@@H](OCc1ccccc1)[C@H](OCc1ccccc1)[C@@H](OCc1ccccc1)[C@@H](O)c1ccccc1. The lowest BCUT2D eigenvalue weighted by Crippen LogP contribution is -2.51. The first-order valence-corrected chi connectivity index (χ1v) is 15.7. The maximum absolute atomic E-state index is 11.9. The van der Waals surface area contributed by atoms with Crippen molar-refractivity contribution in [2.24, 2.45) is 0 Å². The van der Waals surface area contributed by atoms with Crippen LogP contribution in [0.1, 0.15) is 33.9 Å². The van der Waals surface area contributed by atoms with E-state index in [0.717, 1.165) is 22.3 Å². The Morgan fingerprint density at radius 3 is 1.17 bits per heavy atom. The third-order valence-corrected chi connectivity index (χ3v) is 7.74. The fourth-order valence-corrected chi connectivity index (χ4v) is 5.27. The van der Waals surface area contributed by atoms with Gasteiger partial charge in [0.15, 0.2) is 0 Å². The van der Waals surface area contributed by atoms with E-state index in [1.165, 1.54) is 0 Å². The highest BCUT2D eigenvalue weighted by Crippen LogP contribution is 2.29. The average Bonchev–Trinajstić information content (AvgIpc) is 3.12. The van der Waals surface area contributed by atoms with E-state index in [1.807, 2.05) is 152 Å². The molecule has 0 radical (unpaired) electrons. The van der Waals surface area contributed by atoms with Crippen LogP contribution >= 0.6 is 0 Å². The largest absolute Gasteiger partial charge is 0.388 e. The molecule has 0 aliphatic carbocycles. The summed E-state index contributed by atoms with van der Waals surface area (Å²) in [6.07, 6.45) is -4.89. The van der Waals surface area contributed by atoms with Crippen LogP contribution < -0.4 is 0 Å². The molecular formula is C40H42O6. The lowest BCUT2D eigenvalue weighted by molar-refractivity contribution is -0.207. The van der Waals surface area contributed by atoms with Gasteiger partial charge >= 0.3 is 0 Å². The maximum atomic E-state index is 11.9. The predicted octanol–water partition coefficient (Wildman–Crippen LogP) is 7.05. The van der Waals surface area contributed by atoms with Crippen LogP contribution in [0.3, 0.4) is 0 Å². The number of hydrogen-bond donors (Lipinski definition) is 2. The van der Waals surface area contributed by atoms with E-state index in [1.54, 1.807) is 0 Å². The van der Waals surface area contributed by atoms with Crippen molar-refractivity contribution in [1.29, 1.82) is 0 Å². The van der Waals surface area contributed by atoms with Gasteiger partial charge in [0.1, 0.15) is 30.5 Å². The normalized spacial score (nSPS) is 14.7. The van der Waals surface area contributed by atoms with Crippen LogP contribution in [0.4, 0.5) is 0 Å². The number of ether oxygens (including phenoxy) is 4. The van der Waals surface area contributed by atoms with Gasteiger partial charge in [-0.05, 0) is 27.8 Å². The molecule has 0 aliphatic heterocycles. The number of hydrogen-bond acceptors (Lipinski definition) is 6. The summed E-state index contributed by atoms with van der Waals surface area (Å²) in [7, 11) is 0. The summed E-state index contributed by atoms with van der Waals surface area (Å²) in [6.45, 7) is 0.999. The molecule has 0 bridgehead atoms. The Morgan fingerprint density at radius 2 is 0.739 bits per heavy atom. The zero-order chi connectivity index (χ0) is 31.8. The first kappa shape index (κ1) is 33.2. The molecule has 5 aromatic carbocycles. The van der Waals surface area contributed by atoms with Gasteiger partial charge in [0.2, 0.25) is 0 Å². The minimum Gasteiger partial charge on any atom is -0.388 e. The van der Waals surface area contributed by atoms with Gasteiger partial charge < -0.3 is 29.2 Å². The zero-order valence-corrected chi connectivity index (χ0v) is 25.9. The third-order valence-electron chi connectivity index (χ3n) is 7.74. The molecule has 6 heteroatoms. The third kappa shape index (κ3) is 10.2. The highest BCUT2D eigenvalue weighted by Gasteiger charge is 2.41. The quantitative estimate of drug-likeness (QED) is 0.110. The van der Waals surface area contributed by atoms with Crippen LogP contribution in [0.25, 0.3) is 0 Å². The molecule has 5 rings (SSSR count). The summed E-state index contributed by atoms with van der Waals surface area (Å²) < 4.78 is 25.7. The molecule has 238 valence electrons. The lowest BCUT2D eigenvalue weighted by atomic mass is 9.94. The van der Waals surface area contributed by atoms with Crippen molar-refractivity contribution in [3.05, 3.63) is 179 Å². The molecule has 46 heavy (non-hydrogen) atoms. The van der Waals surface area contributed by atoms with E-state index in [9.17, 15) is 10.2 Å². The van der Waals surface area contributed by atoms with E-state index in [0.29, 0.717) is 12.2 Å². The molecule has 0 unspecified atom stereocenters. The molecule has 0 saturated carbocycles. The summed E-state index contributed by atoms with van der Waals surface area (Å²) in [5.41, 5.74) is 4.50. The summed E-state index contributed by atoms with van der Waals surface area (Å²) in [5, 5.41) is 23.6. The second-order valence-corrected chi connectivity index (χ2v) is 11.2. The molecule has 0 amide bonds. The van der Waals surface area contributed by atoms with Crippen molar-refractivity contribution < 1.29 is 29.2 Å². The first-order chi connectivity index (χ1) is 22.7. The van der Waals surface area contributed by atoms with Gasteiger partial charge in [0.05, 0.1) is 33.0 Å². The van der Waals surface area contributed by atoms with Crippen LogP contribution in [-0.4, -0.2) is 41.2 Å². The first-order valence-electron chi connectivity index (χ1n) is 15.7. The highest BCUT2D eigenvalue weighted by atomic mass is 16.6. The number of rotatable bonds is 18. The average molecular weight is 619 g/mol. The van der Waals surface area contributed by atoms with Crippen molar-refractivity contribution >= 4 is 0 Å². The second kappa shape index (κ2) is 18.1. The summed E-state index contributed by atoms with van der Waals surface area (Å²) in [6, 6.07) is 48.6. The van der Waals surface area contributed by atoms with Crippen molar-refractivity contribution in [3.63, 3.8) is 0 Å². The molecule has 6 nitrogen and oxygen atoms in total. The lowest BCUT2D eigenvalue weighted by Gasteiger charge is -2.38. The Labute approximate surface area is 271 Å². The van der Waals surface area contributed by atoms with Crippen molar-refractivity contribution in [3.8, 4) is 0 Å². The van der Waals surface area contributed by atoms with Crippen LogP contribution in [0.15, 0.2) is 152 Å². The molecule has 0 saturated heterocycles. The van der Waals surface area contributed by atoms with Crippen LogP contribution in [-0.2, 0) is 45.4 Å². The minimum atomic E-state index is -1.10. The van der Waals surface area contributed by atoms with Gasteiger partial charge in [-0.2, -0.15) is 0 Å². The van der Waals surface area contributed by atoms with E-state index in [2.05, 4.69) is 0 Å². The monoisotopic (exact) mass is 618 g/mol. The van der Waals surface area contributed by atoms with Gasteiger partial charge in [-0.15, -0.1) is 0 Å². The van der Waals surface area contributed by atoms with Gasteiger partial charge in [0.25, 0.3) is 0 Å². The minimum absolute atomic E-state index is 0.00755. The number of benzene rings is 5. The Bertz CT molecular complexity index is 1500. The van der Waals surface area contributed by atoms with E-state index < -0.39 is 30.5 Å². The topological polar surface area (TPSA) is 77.4 Å². The van der Waals surface area contributed by atoms with Gasteiger partial charge in [-0.1, -0.05) is 152 Å². The maximum Gasteiger partial charge on any atom is 0.117 e. The molecule has 0 heterocycles. The second-order valence-electron chi connectivity index (χ2n) is 11.2. The Kier molecular flexibility index (Phi) is 13.1. The number of aliphatic hydroxyl groups is 2. The molecule has 5 atom stereocenters. The summed E-state index contributed by atoms with van der Waals surface area (Å²) in [4.78, 5) is 0. The molecule has 0 spiro atoms. The van der Waals surface area contributed by atoms with Crippen LogP contribution in [0.2, 0.25) is 0 Å². The van der Waals surface area contributed by atoms with E-state index in [4.69, 9.17) is 18.9 Å². The number of aliphatic hydroxyl groups excluding tert-OH is 2. The smallest absolute Gasteiger partial charge is 0.117 e. The Hall–Kier alpha value is -4.14. The van der Waals surface area contributed by atoms with E-state index in [-0.39, 0.29) is 26.4 Å². The highest BCUT2D eigenvalue weighted by molar-refractivity contribution is 5.21. The van der Waals surface area contributed by atoms with Crippen molar-refractivity contribution in [2.75, 3.05) is 6.61 Å². The summed E-state index contributed by atoms with van der Waals surface area (Å²) >= 11 is 0. The molecule has 0 aliphatic rings. The molecule has 2 N–H and O–H groups in total. The standard InChI is InChI=1S/C40H42O6/c41-36(30-43-26-31-16-6-1-7-17-31)38(44-27-32-18-8-2-9-19-32)40(46-29-34-22-12-4-13-23-34)39(37(42)35-24-14-5-15-25-35)45-28-33-20-10-3-11-21-33/h1-25,36-42H,26-30H2/t36-,37+,38-,39+,40+/m1/s1. The summed E-state index contributed by atoms with van der Waals surface area (Å²) in [5.74, 6) is 0. The predicted molar refractivity (Wildman–Crippen MR) is 179 cm³/mol. The van der Waals surface area contributed by atoms with Crippen LogP contribution in [0.5, 0.6) is 0 Å². The van der Waals surface area contributed by atoms with Crippen LogP contribution in [0, 0.1) is 0 Å². The van der Waals surface area contributed by atoms with Gasteiger partial charge in [0, 0.05) is 0 Å². The van der Waals surface area contributed by atoms with Crippen molar-refractivity contribution in [1.82, 2.24) is 0 Å². The zero-order valence-electron chi connectivity index (χ0n) is 25.9. The van der Waals surface area contributed by atoms with Gasteiger partial charge in [-0.25, -0.2) is 0 Å². The molecule has 0 aromatic heterocycles. The fourth-order valence-electron chi connectivity index (χ4n) is 5.27. The fraction of sp³-hybridized carbons (Fsp3) is 0.250. The molecular weight excluding hydrogens is 576 g/mol.